The van der Waals surface area contributed by atoms with Crippen molar-refractivity contribution < 1.29 is 0 Å². The fourth-order valence-electron chi connectivity index (χ4n) is 1.20. The quantitative estimate of drug-likeness (QED) is 0.474. The molecule has 0 unspecified atom stereocenters. The molecule has 0 saturated carbocycles. The molecule has 0 spiro atoms. The maximum Gasteiger partial charge on any atom is 0.00441 e. The van der Waals surface area contributed by atoms with Crippen LogP contribution in [0.25, 0.3) is 0 Å². The Morgan fingerprint density at radius 3 is 2.08 bits per heavy atom. The highest BCUT2D eigenvalue weighted by atomic mass is 13.9. The highest BCUT2D eigenvalue weighted by molar-refractivity contribution is 5.08. The van der Waals surface area contributed by atoms with Crippen LogP contribution in [0.4, 0.5) is 0 Å². The molecule has 1 aliphatic carbocycles. The minimum atomic E-state index is 1.17. The maximum absolute atomic E-state index is 2.30. The molecule has 65 valence electrons. The van der Waals surface area contributed by atoms with Gasteiger partial charge >= 0.3 is 0 Å². The molecule has 0 aromatic heterocycles. The third-order valence-electron chi connectivity index (χ3n) is 1.90. The third kappa shape index (κ3) is 4.95. The summed E-state index contributed by atoms with van der Waals surface area (Å²) in [5.74, 6) is 0. The van der Waals surface area contributed by atoms with Gasteiger partial charge in [0.15, 0.2) is 0 Å². The largest absolute Gasteiger partial charge is 0.0885 e. The maximum atomic E-state index is 2.30. The van der Waals surface area contributed by atoms with Gasteiger partial charge in [-0.05, 0) is 32.1 Å². The van der Waals surface area contributed by atoms with Crippen molar-refractivity contribution in [2.45, 2.75) is 32.1 Å². The summed E-state index contributed by atoms with van der Waals surface area (Å²) in [5, 5.41) is 0. The van der Waals surface area contributed by atoms with Gasteiger partial charge in [-0.2, -0.15) is 0 Å². The Kier molecular flexibility index (Phi) is 5.35. The zero-order valence-corrected chi connectivity index (χ0v) is 7.58. The zero-order valence-electron chi connectivity index (χ0n) is 7.58. The molecule has 0 aliphatic heterocycles. The van der Waals surface area contributed by atoms with E-state index in [2.05, 4.69) is 42.9 Å². The molecule has 0 N–H and O–H groups in total. The van der Waals surface area contributed by atoms with Gasteiger partial charge in [0, 0.05) is 6.42 Å². The average Bonchev–Trinajstić information content (AvgIpc) is 2.05. The molecular weight excluding hydrogens is 144 g/mol. The molecule has 1 aliphatic rings. The second-order valence-electron chi connectivity index (χ2n) is 3.03. The first kappa shape index (κ1) is 9.31. The van der Waals surface area contributed by atoms with E-state index in [-0.39, 0.29) is 0 Å². The van der Waals surface area contributed by atoms with E-state index < -0.39 is 0 Å². The van der Waals surface area contributed by atoms with Crippen molar-refractivity contribution in [2.24, 2.45) is 0 Å². The summed E-state index contributed by atoms with van der Waals surface area (Å²) in [4.78, 5) is 0. The Hall–Kier alpha value is -0.780. The predicted octanol–water partition coefficient (Wildman–Crippen LogP) is 3.82. The summed E-state index contributed by atoms with van der Waals surface area (Å²) in [6.45, 7) is 0. The third-order valence-corrected chi connectivity index (χ3v) is 1.90. The Bertz CT molecular complexity index is 172. The average molecular weight is 161 g/mol. The minimum Gasteiger partial charge on any atom is -0.0885 e. The number of rotatable bonds is 0. The van der Waals surface area contributed by atoms with Gasteiger partial charge in [-0.15, -0.1) is 0 Å². The van der Waals surface area contributed by atoms with E-state index in [1.54, 1.807) is 0 Å². The molecule has 0 nitrogen and oxygen atoms in total. The van der Waals surface area contributed by atoms with Crippen LogP contribution in [-0.4, -0.2) is 0 Å². The normalized spacial score (nSPS) is 28.0. The van der Waals surface area contributed by atoms with Crippen molar-refractivity contribution in [3.63, 3.8) is 0 Å². The lowest BCUT2D eigenvalue weighted by molar-refractivity contribution is 0.861. The van der Waals surface area contributed by atoms with E-state index in [0.717, 1.165) is 0 Å². The first-order chi connectivity index (χ1) is 6.00. The molecule has 12 heavy (non-hydrogen) atoms. The molecule has 0 aromatic rings. The lowest BCUT2D eigenvalue weighted by atomic mass is 10.1. The fraction of sp³-hybridized carbons (Fsp3) is 0.417. The smallest absolute Gasteiger partial charge is 0.00441 e. The summed E-state index contributed by atoms with van der Waals surface area (Å²) in [6.07, 6.45) is 21.5. The topological polar surface area (TPSA) is 0 Å². The van der Waals surface area contributed by atoms with Crippen LogP contribution in [0.5, 0.6) is 0 Å². The van der Waals surface area contributed by atoms with E-state index in [4.69, 9.17) is 0 Å². The number of hydrogen-bond donors (Lipinski definition) is 0. The zero-order chi connectivity index (χ0) is 8.49. The lowest BCUT2D eigenvalue weighted by Gasteiger charge is -1.92. The van der Waals surface area contributed by atoms with E-state index in [0.29, 0.717) is 0 Å². The van der Waals surface area contributed by atoms with Crippen molar-refractivity contribution in [1.82, 2.24) is 0 Å². The van der Waals surface area contributed by atoms with Gasteiger partial charge in [-0.3, -0.25) is 0 Å². The first-order valence-corrected chi connectivity index (χ1v) is 4.80. The van der Waals surface area contributed by atoms with Gasteiger partial charge in [0.05, 0.1) is 0 Å². The summed E-state index contributed by atoms with van der Waals surface area (Å²) in [7, 11) is 0. The molecule has 0 heterocycles. The van der Waals surface area contributed by atoms with Crippen LogP contribution in [0.1, 0.15) is 32.1 Å². The van der Waals surface area contributed by atoms with E-state index in [1.165, 1.54) is 32.1 Å². The first-order valence-electron chi connectivity index (χ1n) is 4.80. The van der Waals surface area contributed by atoms with Crippen molar-refractivity contribution in [2.75, 3.05) is 0 Å². The minimum absolute atomic E-state index is 1.17. The number of allylic oxidation sites excluding steroid dienone is 6. The van der Waals surface area contributed by atoms with Crippen LogP contribution >= 0.6 is 0 Å². The molecule has 0 heteroatoms. The number of hydrogen-bond acceptors (Lipinski definition) is 0. The van der Waals surface area contributed by atoms with Crippen LogP contribution < -0.4 is 0 Å². The Morgan fingerprint density at radius 2 is 1.17 bits per heavy atom. The van der Waals surface area contributed by atoms with Gasteiger partial charge in [-0.1, -0.05) is 36.5 Å². The van der Waals surface area contributed by atoms with Gasteiger partial charge < -0.3 is 0 Å². The molecule has 0 bridgehead atoms. The molecule has 0 saturated heterocycles. The molecule has 0 aromatic carbocycles. The summed E-state index contributed by atoms with van der Waals surface area (Å²) < 4.78 is 0. The van der Waals surface area contributed by atoms with Crippen LogP contribution in [0.3, 0.4) is 0 Å². The van der Waals surface area contributed by atoms with Crippen LogP contribution in [0.15, 0.2) is 36.5 Å². The van der Waals surface area contributed by atoms with Crippen LogP contribution in [0, 0.1) is 6.42 Å². The standard InChI is InChI=1S/C12H17/c1-2-4-6-8-10-12-11-9-7-5-3-1/h1-5,10,12H,6-9,11H2/b4-2+,5-3-,12-10+. The molecule has 0 amide bonds. The Morgan fingerprint density at radius 1 is 0.583 bits per heavy atom. The predicted molar refractivity (Wildman–Crippen MR) is 54.8 cm³/mol. The molecule has 1 radical (unpaired) electrons. The van der Waals surface area contributed by atoms with Crippen LogP contribution in [0.2, 0.25) is 0 Å². The highest BCUT2D eigenvalue weighted by Crippen LogP contribution is 2.02. The fourth-order valence-corrected chi connectivity index (χ4v) is 1.20. The van der Waals surface area contributed by atoms with Gasteiger partial charge in [0.2, 0.25) is 0 Å². The summed E-state index contributed by atoms with van der Waals surface area (Å²) >= 11 is 0. The summed E-state index contributed by atoms with van der Waals surface area (Å²) in [5.41, 5.74) is 0. The Balaban J connectivity index is 2.30. The second-order valence-corrected chi connectivity index (χ2v) is 3.03. The molecule has 1 rings (SSSR count). The lowest BCUT2D eigenvalue weighted by Crippen LogP contribution is -1.72. The molecule has 0 fully saturated rings. The van der Waals surface area contributed by atoms with Crippen LogP contribution in [-0.2, 0) is 0 Å². The van der Waals surface area contributed by atoms with E-state index in [9.17, 15) is 0 Å². The van der Waals surface area contributed by atoms with E-state index >= 15 is 0 Å². The SMILES string of the molecule is [CH]1/C=C\CCC/C=C/CC/C=C/1. The summed E-state index contributed by atoms with van der Waals surface area (Å²) in [6, 6.07) is 0. The second kappa shape index (κ2) is 6.90. The highest BCUT2D eigenvalue weighted by Gasteiger charge is 1.83. The van der Waals surface area contributed by atoms with Crippen molar-refractivity contribution in [1.29, 1.82) is 0 Å². The Labute approximate surface area is 75.7 Å². The van der Waals surface area contributed by atoms with E-state index in [1.807, 2.05) is 0 Å². The van der Waals surface area contributed by atoms with Gasteiger partial charge in [-0.25, -0.2) is 0 Å². The van der Waals surface area contributed by atoms with Crippen molar-refractivity contribution in [3.05, 3.63) is 42.9 Å². The van der Waals surface area contributed by atoms with Crippen molar-refractivity contribution >= 4 is 0 Å². The van der Waals surface area contributed by atoms with Crippen molar-refractivity contribution in [3.8, 4) is 0 Å². The van der Waals surface area contributed by atoms with Gasteiger partial charge in [0.25, 0.3) is 0 Å². The van der Waals surface area contributed by atoms with Gasteiger partial charge in [0.1, 0.15) is 0 Å². The molecule has 0 atom stereocenters. The molecular formula is C12H17. The monoisotopic (exact) mass is 161 g/mol.